The summed E-state index contributed by atoms with van der Waals surface area (Å²) in [5.41, 5.74) is -0.312. The number of hydrogen-bond acceptors (Lipinski definition) is 8. The fourth-order valence-electron chi connectivity index (χ4n) is 2.76. The van der Waals surface area contributed by atoms with E-state index >= 15 is 0 Å². The third-order valence-electron chi connectivity index (χ3n) is 4.21. The minimum atomic E-state index is -0.824. The maximum absolute atomic E-state index is 12.7. The topological polar surface area (TPSA) is 133 Å². The van der Waals surface area contributed by atoms with Crippen LogP contribution in [0.4, 0.5) is 11.4 Å². The van der Waals surface area contributed by atoms with E-state index in [4.69, 9.17) is 18.9 Å². The molecule has 0 fully saturated rings. The van der Waals surface area contributed by atoms with E-state index in [0.717, 1.165) is 0 Å². The SMILES string of the molecule is COc1ccc(/C=C(\C#N)C(=O)Nc2cc3c(cc2[N+](=O)[O-])OCCO3)c(OC)c1. The number of rotatable bonds is 6. The van der Waals surface area contributed by atoms with Crippen LogP contribution in [0.3, 0.4) is 0 Å². The first-order valence-corrected chi connectivity index (χ1v) is 8.70. The minimum absolute atomic E-state index is 0.114. The van der Waals surface area contributed by atoms with Gasteiger partial charge in [-0.3, -0.25) is 14.9 Å². The first-order chi connectivity index (χ1) is 14.5. The number of nitro groups is 1. The maximum atomic E-state index is 12.7. The van der Waals surface area contributed by atoms with Gasteiger partial charge >= 0.3 is 0 Å². The number of nitriles is 1. The molecule has 30 heavy (non-hydrogen) atoms. The zero-order valence-corrected chi connectivity index (χ0v) is 16.1. The zero-order valence-electron chi connectivity index (χ0n) is 16.1. The van der Waals surface area contributed by atoms with E-state index in [0.29, 0.717) is 17.1 Å². The van der Waals surface area contributed by atoms with Crippen LogP contribution >= 0.6 is 0 Å². The molecule has 1 amide bonds. The second-order valence-corrected chi connectivity index (χ2v) is 6.00. The molecule has 0 bridgehead atoms. The molecule has 1 heterocycles. The summed E-state index contributed by atoms with van der Waals surface area (Å²) in [6, 6.07) is 9.14. The van der Waals surface area contributed by atoms with Gasteiger partial charge in [0.15, 0.2) is 11.5 Å². The molecule has 0 atom stereocenters. The largest absolute Gasteiger partial charge is 0.497 e. The van der Waals surface area contributed by atoms with Gasteiger partial charge in [-0.2, -0.15) is 5.26 Å². The van der Waals surface area contributed by atoms with Crippen molar-refractivity contribution in [2.45, 2.75) is 0 Å². The van der Waals surface area contributed by atoms with Crippen LogP contribution < -0.4 is 24.3 Å². The summed E-state index contributed by atoms with van der Waals surface area (Å²) in [5, 5.41) is 23.3. The number of carbonyl (C=O) groups excluding carboxylic acids is 1. The molecule has 0 spiro atoms. The monoisotopic (exact) mass is 411 g/mol. The van der Waals surface area contributed by atoms with E-state index < -0.39 is 10.8 Å². The van der Waals surface area contributed by atoms with Gasteiger partial charge in [0.2, 0.25) is 0 Å². The predicted molar refractivity (Wildman–Crippen MR) is 106 cm³/mol. The molecule has 10 nitrogen and oxygen atoms in total. The predicted octanol–water partition coefficient (Wildman–Crippen LogP) is 2.93. The summed E-state index contributed by atoms with van der Waals surface area (Å²) in [6.45, 7) is 0.541. The van der Waals surface area contributed by atoms with Crippen LogP contribution in [0.5, 0.6) is 23.0 Å². The molecule has 0 unspecified atom stereocenters. The van der Waals surface area contributed by atoms with Crippen molar-refractivity contribution in [1.82, 2.24) is 0 Å². The second kappa shape index (κ2) is 8.83. The Hall–Kier alpha value is -4.26. The van der Waals surface area contributed by atoms with Gasteiger partial charge in [-0.05, 0) is 18.2 Å². The Balaban J connectivity index is 1.94. The Labute approximate surface area is 171 Å². The summed E-state index contributed by atoms with van der Waals surface area (Å²) in [5.74, 6) is 0.584. The van der Waals surface area contributed by atoms with Crippen molar-refractivity contribution in [3.63, 3.8) is 0 Å². The highest BCUT2D eigenvalue weighted by Gasteiger charge is 2.24. The highest BCUT2D eigenvalue weighted by Crippen LogP contribution is 2.39. The quantitative estimate of drug-likeness (QED) is 0.332. The highest BCUT2D eigenvalue weighted by atomic mass is 16.6. The van der Waals surface area contributed by atoms with E-state index in [9.17, 15) is 20.2 Å². The standard InChI is InChI=1S/C20H17N3O7/c1-27-14-4-3-12(17(8-14)28-2)7-13(11-21)20(24)22-15-9-18-19(30-6-5-29-18)10-16(15)23(25)26/h3-4,7-10H,5-6H2,1-2H3,(H,22,24)/b13-7+. The van der Waals surface area contributed by atoms with Gasteiger partial charge < -0.3 is 24.3 Å². The number of ether oxygens (including phenoxy) is 4. The summed E-state index contributed by atoms with van der Waals surface area (Å²) < 4.78 is 21.1. The number of fused-ring (bicyclic) bond motifs is 1. The molecule has 0 saturated heterocycles. The Bertz CT molecular complexity index is 1070. The molecule has 1 N–H and O–H groups in total. The lowest BCUT2D eigenvalue weighted by Gasteiger charge is -2.19. The Morgan fingerprint density at radius 1 is 1.20 bits per heavy atom. The molecular weight excluding hydrogens is 394 g/mol. The second-order valence-electron chi connectivity index (χ2n) is 6.00. The highest BCUT2D eigenvalue weighted by molar-refractivity contribution is 6.10. The molecule has 2 aromatic rings. The number of hydrogen-bond donors (Lipinski definition) is 1. The van der Waals surface area contributed by atoms with Crippen molar-refractivity contribution in [2.75, 3.05) is 32.8 Å². The molecule has 0 radical (unpaired) electrons. The number of benzene rings is 2. The number of nitro benzene ring substituents is 1. The molecule has 10 heteroatoms. The van der Waals surface area contributed by atoms with Crippen LogP contribution in [0.2, 0.25) is 0 Å². The van der Waals surface area contributed by atoms with Crippen LogP contribution in [0.15, 0.2) is 35.9 Å². The average molecular weight is 411 g/mol. The summed E-state index contributed by atoms with van der Waals surface area (Å²) in [4.78, 5) is 23.4. The van der Waals surface area contributed by atoms with Crippen LogP contribution in [0, 0.1) is 21.4 Å². The van der Waals surface area contributed by atoms with Crippen molar-refractivity contribution in [1.29, 1.82) is 5.26 Å². The van der Waals surface area contributed by atoms with Gasteiger partial charge in [0, 0.05) is 17.7 Å². The van der Waals surface area contributed by atoms with E-state index in [1.54, 1.807) is 24.3 Å². The van der Waals surface area contributed by atoms with Gasteiger partial charge in [0.05, 0.1) is 25.2 Å². The van der Waals surface area contributed by atoms with Gasteiger partial charge in [-0.1, -0.05) is 0 Å². The van der Waals surface area contributed by atoms with E-state index in [-0.39, 0.29) is 41.7 Å². The van der Waals surface area contributed by atoms with E-state index in [1.165, 1.54) is 32.4 Å². The average Bonchev–Trinajstić information content (AvgIpc) is 2.76. The molecule has 154 valence electrons. The van der Waals surface area contributed by atoms with Crippen LogP contribution in [-0.2, 0) is 4.79 Å². The zero-order chi connectivity index (χ0) is 21.7. The molecule has 0 aromatic heterocycles. The maximum Gasteiger partial charge on any atom is 0.296 e. The molecular formula is C20H17N3O7. The summed E-state index contributed by atoms with van der Waals surface area (Å²) >= 11 is 0. The molecule has 0 aliphatic carbocycles. The first kappa shape index (κ1) is 20.5. The minimum Gasteiger partial charge on any atom is -0.497 e. The third kappa shape index (κ3) is 4.25. The van der Waals surface area contributed by atoms with Crippen molar-refractivity contribution in [2.24, 2.45) is 0 Å². The first-order valence-electron chi connectivity index (χ1n) is 8.70. The summed E-state index contributed by atoms with van der Waals surface area (Å²) in [7, 11) is 2.94. The molecule has 0 saturated carbocycles. The van der Waals surface area contributed by atoms with Gasteiger partial charge in [0.25, 0.3) is 11.6 Å². The van der Waals surface area contributed by atoms with Gasteiger partial charge in [-0.15, -0.1) is 0 Å². The van der Waals surface area contributed by atoms with Crippen molar-refractivity contribution in [3.8, 4) is 29.1 Å². The van der Waals surface area contributed by atoms with Crippen LogP contribution in [0.1, 0.15) is 5.56 Å². The van der Waals surface area contributed by atoms with Crippen molar-refractivity contribution < 1.29 is 28.7 Å². The van der Waals surface area contributed by atoms with E-state index in [1.807, 2.05) is 0 Å². The van der Waals surface area contributed by atoms with Crippen molar-refractivity contribution in [3.05, 3.63) is 51.6 Å². The number of methoxy groups -OCH3 is 2. The number of amides is 1. The lowest BCUT2D eigenvalue weighted by Crippen LogP contribution is -2.18. The van der Waals surface area contributed by atoms with Gasteiger partial charge in [-0.25, -0.2) is 0 Å². The number of nitrogens with one attached hydrogen (secondary N) is 1. The lowest BCUT2D eigenvalue weighted by atomic mass is 10.1. The number of nitrogens with zero attached hydrogens (tertiary/aromatic N) is 2. The number of carbonyl (C=O) groups is 1. The van der Waals surface area contributed by atoms with E-state index in [2.05, 4.69) is 5.32 Å². The normalized spacial score (nSPS) is 12.5. The third-order valence-corrected chi connectivity index (χ3v) is 4.21. The molecule has 3 rings (SSSR count). The summed E-state index contributed by atoms with van der Waals surface area (Å²) in [6.07, 6.45) is 1.32. The van der Waals surface area contributed by atoms with Crippen LogP contribution in [0.25, 0.3) is 6.08 Å². The number of anilines is 1. The van der Waals surface area contributed by atoms with Crippen LogP contribution in [-0.4, -0.2) is 38.3 Å². The molecule has 1 aliphatic heterocycles. The fraction of sp³-hybridized carbons (Fsp3) is 0.200. The van der Waals surface area contributed by atoms with Crippen molar-refractivity contribution >= 4 is 23.4 Å². The molecule has 1 aliphatic rings. The fourth-order valence-corrected chi connectivity index (χ4v) is 2.76. The Kier molecular flexibility index (Phi) is 6.03. The Morgan fingerprint density at radius 3 is 2.50 bits per heavy atom. The van der Waals surface area contributed by atoms with Gasteiger partial charge in [0.1, 0.15) is 42.0 Å². The molecule has 2 aromatic carbocycles. The Morgan fingerprint density at radius 2 is 1.90 bits per heavy atom. The lowest BCUT2D eigenvalue weighted by molar-refractivity contribution is -0.384. The smallest absolute Gasteiger partial charge is 0.296 e.